The molecular formula is C17H36N2. The highest BCUT2D eigenvalue weighted by Gasteiger charge is 2.41. The van der Waals surface area contributed by atoms with Crippen molar-refractivity contribution in [2.45, 2.75) is 85.2 Å². The van der Waals surface area contributed by atoms with Gasteiger partial charge < -0.3 is 10.6 Å². The zero-order valence-electron chi connectivity index (χ0n) is 14.3. The lowest BCUT2D eigenvalue weighted by Gasteiger charge is -2.49. The Morgan fingerprint density at radius 1 is 1.16 bits per heavy atom. The summed E-state index contributed by atoms with van der Waals surface area (Å²) in [6, 6.07) is 0.656. The monoisotopic (exact) mass is 268 g/mol. The molecule has 0 heterocycles. The van der Waals surface area contributed by atoms with Crippen LogP contribution < -0.4 is 10.6 Å². The fourth-order valence-corrected chi connectivity index (χ4v) is 4.55. The summed E-state index contributed by atoms with van der Waals surface area (Å²) >= 11 is 0. The summed E-state index contributed by atoms with van der Waals surface area (Å²) in [4.78, 5) is 0. The summed E-state index contributed by atoms with van der Waals surface area (Å²) in [7, 11) is 2.08. The standard InChI is InChI=1S/C17H36N2/c1-8-9-16(4,5)19-14-10-15(2,3)12-17(6,11-14)13-18-7/h14,18-19H,8-13H2,1-7H3. The third-order valence-corrected chi connectivity index (χ3v) is 4.52. The minimum Gasteiger partial charge on any atom is -0.319 e. The van der Waals surface area contributed by atoms with Gasteiger partial charge in [-0.15, -0.1) is 0 Å². The molecule has 1 saturated carbocycles. The quantitative estimate of drug-likeness (QED) is 0.762. The van der Waals surface area contributed by atoms with Crippen LogP contribution >= 0.6 is 0 Å². The first-order chi connectivity index (χ1) is 8.61. The summed E-state index contributed by atoms with van der Waals surface area (Å²) in [6.45, 7) is 15.4. The van der Waals surface area contributed by atoms with E-state index in [1.165, 1.54) is 32.1 Å². The largest absolute Gasteiger partial charge is 0.319 e. The van der Waals surface area contributed by atoms with Crippen LogP contribution in [0.3, 0.4) is 0 Å². The molecule has 1 aliphatic carbocycles. The predicted molar refractivity (Wildman–Crippen MR) is 85.6 cm³/mol. The van der Waals surface area contributed by atoms with Gasteiger partial charge in [-0.05, 0) is 57.4 Å². The predicted octanol–water partition coefficient (Wildman–Crippen LogP) is 3.96. The van der Waals surface area contributed by atoms with E-state index in [0.29, 0.717) is 16.9 Å². The van der Waals surface area contributed by atoms with Gasteiger partial charge in [-0.25, -0.2) is 0 Å². The maximum atomic E-state index is 3.94. The van der Waals surface area contributed by atoms with E-state index in [0.717, 1.165) is 6.54 Å². The molecule has 0 aliphatic heterocycles. The van der Waals surface area contributed by atoms with Crippen LogP contribution in [0.4, 0.5) is 0 Å². The van der Waals surface area contributed by atoms with Crippen molar-refractivity contribution in [2.24, 2.45) is 10.8 Å². The molecular weight excluding hydrogens is 232 g/mol. The Morgan fingerprint density at radius 3 is 2.32 bits per heavy atom. The summed E-state index contributed by atoms with van der Waals surface area (Å²) < 4.78 is 0. The van der Waals surface area contributed by atoms with Crippen LogP contribution in [-0.2, 0) is 0 Å². The number of nitrogens with one attached hydrogen (secondary N) is 2. The Labute approximate surface area is 121 Å². The molecule has 0 saturated heterocycles. The van der Waals surface area contributed by atoms with Gasteiger partial charge in [0.15, 0.2) is 0 Å². The highest BCUT2D eigenvalue weighted by atomic mass is 15.0. The summed E-state index contributed by atoms with van der Waals surface area (Å²) in [5, 5.41) is 7.33. The highest BCUT2D eigenvalue weighted by Crippen LogP contribution is 2.46. The Kier molecular flexibility index (Phi) is 5.48. The van der Waals surface area contributed by atoms with E-state index in [4.69, 9.17) is 0 Å². The van der Waals surface area contributed by atoms with Gasteiger partial charge in [0.25, 0.3) is 0 Å². The molecule has 1 rings (SSSR count). The first kappa shape index (κ1) is 17.0. The van der Waals surface area contributed by atoms with Crippen molar-refractivity contribution in [3.05, 3.63) is 0 Å². The number of hydrogen-bond acceptors (Lipinski definition) is 2. The third-order valence-electron chi connectivity index (χ3n) is 4.52. The SMILES string of the molecule is CCCC(C)(C)NC1CC(C)(C)CC(C)(CNC)C1. The van der Waals surface area contributed by atoms with Crippen LogP contribution in [0.1, 0.15) is 73.6 Å². The third kappa shape index (κ3) is 5.43. The highest BCUT2D eigenvalue weighted by molar-refractivity contribution is 4.97. The van der Waals surface area contributed by atoms with Gasteiger partial charge in [-0.1, -0.05) is 34.1 Å². The summed E-state index contributed by atoms with van der Waals surface area (Å²) in [5.74, 6) is 0. The van der Waals surface area contributed by atoms with Crippen LogP contribution in [0.5, 0.6) is 0 Å². The van der Waals surface area contributed by atoms with Crippen molar-refractivity contribution in [2.75, 3.05) is 13.6 Å². The van der Waals surface area contributed by atoms with Gasteiger partial charge in [-0.3, -0.25) is 0 Å². The van der Waals surface area contributed by atoms with Crippen LogP contribution in [0.2, 0.25) is 0 Å². The lowest BCUT2D eigenvalue weighted by atomic mass is 9.62. The Morgan fingerprint density at radius 2 is 1.79 bits per heavy atom. The van der Waals surface area contributed by atoms with E-state index in [1.807, 2.05) is 0 Å². The van der Waals surface area contributed by atoms with E-state index >= 15 is 0 Å². The van der Waals surface area contributed by atoms with E-state index in [2.05, 4.69) is 59.2 Å². The summed E-state index contributed by atoms with van der Waals surface area (Å²) in [5.41, 5.74) is 1.15. The normalized spacial score (nSPS) is 31.4. The average molecular weight is 268 g/mol. The van der Waals surface area contributed by atoms with Gasteiger partial charge in [0.1, 0.15) is 0 Å². The van der Waals surface area contributed by atoms with Crippen LogP contribution in [-0.4, -0.2) is 25.2 Å². The zero-order chi connectivity index (χ0) is 14.7. The molecule has 114 valence electrons. The molecule has 2 nitrogen and oxygen atoms in total. The average Bonchev–Trinajstić information content (AvgIpc) is 2.11. The minimum absolute atomic E-state index is 0.271. The topological polar surface area (TPSA) is 24.1 Å². The molecule has 0 aromatic carbocycles. The smallest absolute Gasteiger partial charge is 0.0127 e. The minimum atomic E-state index is 0.271. The molecule has 0 bridgehead atoms. The van der Waals surface area contributed by atoms with E-state index < -0.39 is 0 Å². The van der Waals surface area contributed by atoms with Crippen molar-refractivity contribution >= 4 is 0 Å². The zero-order valence-corrected chi connectivity index (χ0v) is 14.3. The van der Waals surface area contributed by atoms with Gasteiger partial charge >= 0.3 is 0 Å². The van der Waals surface area contributed by atoms with Crippen molar-refractivity contribution in [3.8, 4) is 0 Å². The van der Waals surface area contributed by atoms with Crippen LogP contribution in [0.15, 0.2) is 0 Å². The van der Waals surface area contributed by atoms with Gasteiger partial charge in [0.05, 0.1) is 0 Å². The molecule has 0 aromatic rings. The van der Waals surface area contributed by atoms with Crippen molar-refractivity contribution in [1.82, 2.24) is 10.6 Å². The second kappa shape index (κ2) is 6.13. The first-order valence-electron chi connectivity index (χ1n) is 8.04. The van der Waals surface area contributed by atoms with E-state index in [9.17, 15) is 0 Å². The van der Waals surface area contributed by atoms with E-state index in [-0.39, 0.29) is 5.54 Å². The molecule has 19 heavy (non-hydrogen) atoms. The van der Waals surface area contributed by atoms with Crippen LogP contribution in [0.25, 0.3) is 0 Å². The lowest BCUT2D eigenvalue weighted by molar-refractivity contribution is 0.0602. The van der Waals surface area contributed by atoms with Crippen LogP contribution in [0, 0.1) is 10.8 Å². The molecule has 1 aliphatic rings. The Balaban J connectivity index is 2.73. The Bertz CT molecular complexity index is 281. The molecule has 1 fully saturated rings. The van der Waals surface area contributed by atoms with Gasteiger partial charge in [0, 0.05) is 18.1 Å². The molecule has 0 amide bonds. The molecule has 2 N–H and O–H groups in total. The second-order valence-corrected chi connectivity index (χ2v) is 8.57. The summed E-state index contributed by atoms with van der Waals surface area (Å²) in [6.07, 6.45) is 6.44. The number of hydrogen-bond donors (Lipinski definition) is 2. The van der Waals surface area contributed by atoms with Gasteiger partial charge in [0.2, 0.25) is 0 Å². The van der Waals surface area contributed by atoms with Gasteiger partial charge in [-0.2, -0.15) is 0 Å². The molecule has 2 unspecified atom stereocenters. The van der Waals surface area contributed by atoms with E-state index in [1.54, 1.807) is 0 Å². The second-order valence-electron chi connectivity index (χ2n) is 8.57. The first-order valence-corrected chi connectivity index (χ1v) is 8.04. The van der Waals surface area contributed by atoms with Crippen molar-refractivity contribution in [1.29, 1.82) is 0 Å². The molecule has 0 aromatic heterocycles. The Hall–Kier alpha value is -0.0800. The fraction of sp³-hybridized carbons (Fsp3) is 1.00. The molecule has 2 atom stereocenters. The molecule has 0 radical (unpaired) electrons. The number of rotatable bonds is 6. The molecule has 2 heteroatoms. The van der Waals surface area contributed by atoms with Crippen molar-refractivity contribution in [3.63, 3.8) is 0 Å². The fourth-order valence-electron chi connectivity index (χ4n) is 4.55. The lowest BCUT2D eigenvalue weighted by Crippen LogP contribution is -2.53. The molecule has 0 spiro atoms. The van der Waals surface area contributed by atoms with Crippen molar-refractivity contribution < 1.29 is 0 Å². The maximum absolute atomic E-state index is 3.94. The maximum Gasteiger partial charge on any atom is 0.0127 e.